The zero-order chi connectivity index (χ0) is 13.2. The largest absolute Gasteiger partial charge is 0.300 e. The van der Waals surface area contributed by atoms with Crippen molar-refractivity contribution < 1.29 is 0 Å². The Morgan fingerprint density at radius 3 is 3.11 bits per heavy atom. The zero-order valence-electron chi connectivity index (χ0n) is 11.9. The summed E-state index contributed by atoms with van der Waals surface area (Å²) in [7, 11) is 0. The van der Waals surface area contributed by atoms with Gasteiger partial charge in [0.15, 0.2) is 5.16 Å². The normalized spacial score (nSPS) is 26.8. The Hall–Kier alpha value is -0.610. The minimum Gasteiger partial charge on any atom is -0.300 e. The summed E-state index contributed by atoms with van der Waals surface area (Å²) in [6.45, 7) is 4.82. The summed E-state index contributed by atoms with van der Waals surface area (Å²) in [5.74, 6) is 0.817. The molecule has 1 aliphatic carbocycles. The van der Waals surface area contributed by atoms with E-state index in [9.17, 15) is 0 Å². The number of aromatic nitrogens is 2. The number of nitrogens with zero attached hydrogens (tertiary/aromatic N) is 3. The molecule has 0 spiro atoms. The standard InChI is InChI=1S/C15H23N3S/c1-3-6-18-7-4-5-11-8-13-12(9-14(11)18)10-16-15(17-13)19-2/h10-11,14H,3-9H2,1-2H3. The molecule has 2 atom stereocenters. The molecule has 0 radical (unpaired) electrons. The molecule has 1 saturated heterocycles. The summed E-state index contributed by atoms with van der Waals surface area (Å²) in [4.78, 5) is 11.9. The highest BCUT2D eigenvalue weighted by Crippen LogP contribution is 2.34. The first-order valence-electron chi connectivity index (χ1n) is 7.44. The first-order valence-corrected chi connectivity index (χ1v) is 8.67. The second-order valence-electron chi connectivity index (χ2n) is 5.74. The van der Waals surface area contributed by atoms with Gasteiger partial charge in [0, 0.05) is 17.9 Å². The van der Waals surface area contributed by atoms with E-state index < -0.39 is 0 Å². The molecule has 19 heavy (non-hydrogen) atoms. The van der Waals surface area contributed by atoms with Crippen molar-refractivity contribution >= 4 is 11.8 Å². The van der Waals surface area contributed by atoms with Gasteiger partial charge in [0.1, 0.15) is 0 Å². The Morgan fingerprint density at radius 1 is 1.42 bits per heavy atom. The van der Waals surface area contributed by atoms with E-state index in [1.54, 1.807) is 11.8 Å². The Bertz CT molecular complexity index is 447. The number of thioether (sulfide) groups is 1. The Morgan fingerprint density at radius 2 is 2.32 bits per heavy atom. The van der Waals surface area contributed by atoms with Crippen molar-refractivity contribution in [3.05, 3.63) is 17.5 Å². The van der Waals surface area contributed by atoms with Gasteiger partial charge in [-0.2, -0.15) is 0 Å². The molecular formula is C15H23N3S. The van der Waals surface area contributed by atoms with Crippen LogP contribution in [0.2, 0.25) is 0 Å². The predicted molar refractivity (Wildman–Crippen MR) is 79.6 cm³/mol. The molecule has 2 aliphatic rings. The first-order chi connectivity index (χ1) is 9.31. The molecule has 1 aromatic heterocycles. The van der Waals surface area contributed by atoms with Crippen molar-refractivity contribution in [2.45, 2.75) is 50.2 Å². The van der Waals surface area contributed by atoms with Crippen LogP contribution in [0.25, 0.3) is 0 Å². The van der Waals surface area contributed by atoms with E-state index >= 15 is 0 Å². The van der Waals surface area contributed by atoms with Gasteiger partial charge in [0.05, 0.1) is 0 Å². The van der Waals surface area contributed by atoms with Crippen molar-refractivity contribution in [1.82, 2.24) is 14.9 Å². The van der Waals surface area contributed by atoms with Crippen molar-refractivity contribution in [3.63, 3.8) is 0 Å². The lowest BCUT2D eigenvalue weighted by atomic mass is 9.77. The van der Waals surface area contributed by atoms with Gasteiger partial charge in [-0.1, -0.05) is 18.7 Å². The van der Waals surface area contributed by atoms with Crippen LogP contribution in [0.15, 0.2) is 11.4 Å². The average Bonchev–Trinajstić information content (AvgIpc) is 2.45. The molecule has 4 heteroatoms. The molecular weight excluding hydrogens is 254 g/mol. The maximum atomic E-state index is 4.73. The fraction of sp³-hybridized carbons (Fsp3) is 0.733. The fourth-order valence-corrected chi connectivity index (χ4v) is 4.01. The lowest BCUT2D eigenvalue weighted by Crippen LogP contribution is -2.49. The number of hydrogen-bond acceptors (Lipinski definition) is 4. The molecule has 2 heterocycles. The molecule has 3 rings (SSSR count). The van der Waals surface area contributed by atoms with Crippen LogP contribution in [-0.4, -0.2) is 40.3 Å². The van der Waals surface area contributed by atoms with Crippen LogP contribution in [0, 0.1) is 5.92 Å². The minimum atomic E-state index is 0.741. The van der Waals surface area contributed by atoms with Crippen LogP contribution < -0.4 is 0 Å². The Labute approximate surface area is 120 Å². The van der Waals surface area contributed by atoms with Crippen molar-refractivity contribution in [1.29, 1.82) is 0 Å². The van der Waals surface area contributed by atoms with E-state index in [1.807, 2.05) is 0 Å². The quantitative estimate of drug-likeness (QED) is 0.627. The van der Waals surface area contributed by atoms with Gasteiger partial charge in [0.2, 0.25) is 0 Å². The summed E-state index contributed by atoms with van der Waals surface area (Å²) in [6.07, 6.45) is 10.4. The number of likely N-dealkylation sites (tertiary alicyclic amines) is 1. The van der Waals surface area contributed by atoms with Gasteiger partial charge in [-0.15, -0.1) is 0 Å². The summed E-state index contributed by atoms with van der Waals surface area (Å²) < 4.78 is 0. The molecule has 1 fully saturated rings. The second kappa shape index (κ2) is 5.80. The van der Waals surface area contributed by atoms with E-state index in [0.717, 1.165) is 30.0 Å². The zero-order valence-corrected chi connectivity index (χ0v) is 12.7. The third kappa shape index (κ3) is 2.65. The SMILES string of the molecule is CCCN1CCCC2Cc3nc(SC)ncc3CC21. The molecule has 0 aromatic carbocycles. The van der Waals surface area contributed by atoms with E-state index in [-0.39, 0.29) is 0 Å². The molecule has 0 saturated carbocycles. The number of hydrogen-bond donors (Lipinski definition) is 0. The van der Waals surface area contributed by atoms with Crippen LogP contribution in [-0.2, 0) is 12.8 Å². The third-order valence-corrected chi connectivity index (χ3v) is 5.11. The van der Waals surface area contributed by atoms with E-state index in [1.165, 1.54) is 43.6 Å². The van der Waals surface area contributed by atoms with E-state index in [4.69, 9.17) is 4.98 Å². The Balaban J connectivity index is 1.84. The van der Waals surface area contributed by atoms with Crippen molar-refractivity contribution in [2.24, 2.45) is 5.92 Å². The molecule has 1 aromatic rings. The number of fused-ring (bicyclic) bond motifs is 2. The summed E-state index contributed by atoms with van der Waals surface area (Å²) >= 11 is 1.65. The van der Waals surface area contributed by atoms with Crippen LogP contribution in [0.3, 0.4) is 0 Å². The lowest BCUT2D eigenvalue weighted by Gasteiger charge is -2.44. The van der Waals surface area contributed by atoms with Gasteiger partial charge < -0.3 is 0 Å². The van der Waals surface area contributed by atoms with Crippen molar-refractivity contribution in [2.75, 3.05) is 19.3 Å². The van der Waals surface area contributed by atoms with Gasteiger partial charge in [-0.05, 0) is 62.9 Å². The maximum Gasteiger partial charge on any atom is 0.187 e. The smallest absolute Gasteiger partial charge is 0.187 e. The molecule has 0 bridgehead atoms. The molecule has 3 nitrogen and oxygen atoms in total. The minimum absolute atomic E-state index is 0.741. The summed E-state index contributed by atoms with van der Waals surface area (Å²) in [6, 6.07) is 0.741. The van der Waals surface area contributed by atoms with Crippen LogP contribution in [0.4, 0.5) is 0 Å². The van der Waals surface area contributed by atoms with Gasteiger partial charge in [-0.25, -0.2) is 9.97 Å². The van der Waals surface area contributed by atoms with E-state index in [0.29, 0.717) is 0 Å². The highest BCUT2D eigenvalue weighted by atomic mass is 32.2. The molecule has 0 amide bonds. The molecule has 104 valence electrons. The highest BCUT2D eigenvalue weighted by molar-refractivity contribution is 7.98. The lowest BCUT2D eigenvalue weighted by molar-refractivity contribution is 0.0842. The maximum absolute atomic E-state index is 4.73. The van der Waals surface area contributed by atoms with E-state index in [2.05, 4.69) is 29.3 Å². The van der Waals surface area contributed by atoms with Gasteiger partial charge in [0.25, 0.3) is 0 Å². The molecule has 0 N–H and O–H groups in total. The third-order valence-electron chi connectivity index (χ3n) is 4.54. The molecule has 1 aliphatic heterocycles. The molecule has 2 unspecified atom stereocenters. The second-order valence-corrected chi connectivity index (χ2v) is 6.52. The summed E-state index contributed by atoms with van der Waals surface area (Å²) in [5.41, 5.74) is 2.71. The van der Waals surface area contributed by atoms with Crippen LogP contribution >= 0.6 is 11.8 Å². The van der Waals surface area contributed by atoms with Crippen molar-refractivity contribution in [3.8, 4) is 0 Å². The van der Waals surface area contributed by atoms with Gasteiger partial charge in [-0.3, -0.25) is 4.90 Å². The summed E-state index contributed by atoms with van der Waals surface area (Å²) in [5, 5.41) is 0.929. The first kappa shape index (κ1) is 13.4. The predicted octanol–water partition coefficient (Wildman–Crippen LogP) is 2.79. The Kier molecular flexibility index (Phi) is 4.08. The fourth-order valence-electron chi connectivity index (χ4n) is 3.65. The van der Waals surface area contributed by atoms with Crippen LogP contribution in [0.1, 0.15) is 37.4 Å². The topological polar surface area (TPSA) is 29.0 Å². The van der Waals surface area contributed by atoms with Crippen LogP contribution in [0.5, 0.6) is 0 Å². The average molecular weight is 277 g/mol. The van der Waals surface area contributed by atoms with Gasteiger partial charge >= 0.3 is 0 Å². The monoisotopic (exact) mass is 277 g/mol. The number of piperidine rings is 1. The number of rotatable bonds is 3. The highest BCUT2D eigenvalue weighted by Gasteiger charge is 2.35.